The van der Waals surface area contributed by atoms with Crippen molar-refractivity contribution in [3.05, 3.63) is 11.3 Å². The number of carbonyl (C=O) groups is 1. The molecule has 0 radical (unpaired) electrons. The van der Waals surface area contributed by atoms with Crippen LogP contribution in [0.5, 0.6) is 11.9 Å². The number of fused-ring (bicyclic) bond motifs is 3. The van der Waals surface area contributed by atoms with Gasteiger partial charge in [-0.3, -0.25) is 4.79 Å². The standard InChI is InChI=1S/C14H18N2O3/c1-7-9-4-3-8-11(15-13(19)16-12(8)18)14(9,2)6-5-10(7)17/h7,9H,3-6H2,1-2H3,(H2,15,16,18,19)/t7-,9-,14-/m1/s1. The molecule has 5 nitrogen and oxygen atoms in total. The number of carbonyl (C=O) groups excluding carboxylic acids is 1. The third-order valence-electron chi connectivity index (χ3n) is 5.04. The Morgan fingerprint density at radius 1 is 1.26 bits per heavy atom. The van der Waals surface area contributed by atoms with E-state index in [1.54, 1.807) is 0 Å². The van der Waals surface area contributed by atoms with E-state index in [0.29, 0.717) is 18.6 Å². The minimum Gasteiger partial charge on any atom is -0.493 e. The van der Waals surface area contributed by atoms with Crippen LogP contribution in [0.25, 0.3) is 0 Å². The molecule has 2 N–H and O–H groups in total. The molecule has 0 spiro atoms. The van der Waals surface area contributed by atoms with E-state index in [9.17, 15) is 15.0 Å². The van der Waals surface area contributed by atoms with Crippen LogP contribution < -0.4 is 0 Å². The van der Waals surface area contributed by atoms with Gasteiger partial charge in [0.15, 0.2) is 0 Å². The Bertz CT molecular complexity index is 558. The fraction of sp³-hybridized carbons (Fsp3) is 0.643. The zero-order valence-corrected chi connectivity index (χ0v) is 11.2. The highest BCUT2D eigenvalue weighted by Gasteiger charge is 2.49. The van der Waals surface area contributed by atoms with Crippen LogP contribution in [-0.4, -0.2) is 26.0 Å². The highest BCUT2D eigenvalue weighted by atomic mass is 16.3. The van der Waals surface area contributed by atoms with Crippen LogP contribution in [0.15, 0.2) is 0 Å². The quantitative estimate of drug-likeness (QED) is 0.743. The van der Waals surface area contributed by atoms with Crippen LogP contribution >= 0.6 is 0 Å². The third-order valence-corrected chi connectivity index (χ3v) is 5.04. The molecule has 0 aromatic carbocycles. The molecule has 0 unspecified atom stereocenters. The number of rotatable bonds is 0. The lowest BCUT2D eigenvalue weighted by Crippen LogP contribution is -2.47. The summed E-state index contributed by atoms with van der Waals surface area (Å²) in [7, 11) is 0. The summed E-state index contributed by atoms with van der Waals surface area (Å²) in [5.74, 6) is 0.446. The Balaban J connectivity index is 2.15. The number of hydrogen-bond donors (Lipinski definition) is 2. The van der Waals surface area contributed by atoms with Gasteiger partial charge in [0.2, 0.25) is 5.88 Å². The Morgan fingerprint density at radius 2 is 2.00 bits per heavy atom. The summed E-state index contributed by atoms with van der Waals surface area (Å²) in [5.41, 5.74) is 1.21. The minimum atomic E-state index is -0.386. The summed E-state index contributed by atoms with van der Waals surface area (Å²) in [6.45, 7) is 4.07. The number of Topliss-reactive ketones (excluding diaryl/α,β-unsaturated/α-hetero) is 1. The number of aromatic hydroxyl groups is 2. The van der Waals surface area contributed by atoms with Crippen LogP contribution in [0, 0.1) is 11.8 Å². The molecule has 1 aromatic rings. The van der Waals surface area contributed by atoms with Gasteiger partial charge in [0.1, 0.15) is 5.78 Å². The Kier molecular flexibility index (Phi) is 2.56. The molecule has 1 fully saturated rings. The largest absolute Gasteiger partial charge is 0.493 e. The van der Waals surface area contributed by atoms with Gasteiger partial charge in [-0.15, -0.1) is 0 Å². The van der Waals surface area contributed by atoms with E-state index in [2.05, 4.69) is 16.9 Å². The van der Waals surface area contributed by atoms with E-state index in [0.717, 1.165) is 24.1 Å². The summed E-state index contributed by atoms with van der Waals surface area (Å²) in [5, 5.41) is 19.4. The van der Waals surface area contributed by atoms with Crippen LogP contribution in [0.4, 0.5) is 0 Å². The van der Waals surface area contributed by atoms with E-state index in [1.165, 1.54) is 0 Å². The van der Waals surface area contributed by atoms with E-state index < -0.39 is 0 Å². The van der Waals surface area contributed by atoms with Gasteiger partial charge in [-0.05, 0) is 25.2 Å². The first-order valence-electron chi connectivity index (χ1n) is 6.75. The van der Waals surface area contributed by atoms with Crippen molar-refractivity contribution >= 4 is 5.78 Å². The summed E-state index contributed by atoms with van der Waals surface area (Å²) in [4.78, 5) is 19.7. The second kappa shape index (κ2) is 3.92. The van der Waals surface area contributed by atoms with Crippen molar-refractivity contribution < 1.29 is 15.0 Å². The third kappa shape index (κ3) is 1.64. The number of aromatic nitrogens is 2. The maximum atomic E-state index is 11.9. The maximum Gasteiger partial charge on any atom is 0.317 e. The number of hydrogen-bond acceptors (Lipinski definition) is 5. The van der Waals surface area contributed by atoms with Crippen LogP contribution in [-0.2, 0) is 16.6 Å². The van der Waals surface area contributed by atoms with E-state index in [4.69, 9.17) is 0 Å². The van der Waals surface area contributed by atoms with E-state index in [-0.39, 0.29) is 29.1 Å². The molecule has 0 bridgehead atoms. The number of nitrogens with zero attached hydrogens (tertiary/aromatic N) is 2. The summed E-state index contributed by atoms with van der Waals surface area (Å²) < 4.78 is 0. The second-order valence-electron chi connectivity index (χ2n) is 5.99. The summed E-state index contributed by atoms with van der Waals surface area (Å²) in [6.07, 6.45) is 2.79. The highest BCUT2D eigenvalue weighted by Crippen LogP contribution is 2.51. The van der Waals surface area contributed by atoms with Crippen molar-refractivity contribution in [2.24, 2.45) is 11.8 Å². The van der Waals surface area contributed by atoms with Crippen molar-refractivity contribution in [2.75, 3.05) is 0 Å². The molecule has 2 aliphatic rings. The van der Waals surface area contributed by atoms with Gasteiger partial charge in [-0.1, -0.05) is 13.8 Å². The fourth-order valence-corrected chi connectivity index (χ4v) is 3.90. The molecule has 1 aromatic heterocycles. The molecule has 2 aliphatic carbocycles. The van der Waals surface area contributed by atoms with Crippen LogP contribution in [0.2, 0.25) is 0 Å². The van der Waals surface area contributed by atoms with Crippen molar-refractivity contribution in [3.63, 3.8) is 0 Å². The minimum absolute atomic E-state index is 0.0196. The second-order valence-corrected chi connectivity index (χ2v) is 5.99. The van der Waals surface area contributed by atoms with Crippen molar-refractivity contribution in [2.45, 2.75) is 44.9 Å². The Hall–Kier alpha value is -1.65. The number of ketones is 1. The highest BCUT2D eigenvalue weighted by molar-refractivity contribution is 5.82. The zero-order chi connectivity index (χ0) is 13.8. The van der Waals surface area contributed by atoms with Gasteiger partial charge in [0.05, 0.1) is 5.69 Å². The van der Waals surface area contributed by atoms with Crippen LogP contribution in [0.3, 0.4) is 0 Å². The molecule has 1 saturated carbocycles. The average molecular weight is 262 g/mol. The first kappa shape index (κ1) is 12.4. The monoisotopic (exact) mass is 262 g/mol. The maximum absolute atomic E-state index is 11.9. The lowest BCUT2D eigenvalue weighted by Gasteiger charge is -2.47. The van der Waals surface area contributed by atoms with Crippen molar-refractivity contribution in [1.29, 1.82) is 0 Å². The first-order valence-corrected chi connectivity index (χ1v) is 6.75. The van der Waals surface area contributed by atoms with Gasteiger partial charge in [0.25, 0.3) is 0 Å². The predicted octanol–water partition coefficient (Wildman–Crippen LogP) is 1.71. The lowest BCUT2D eigenvalue weighted by molar-refractivity contribution is -0.128. The first-order chi connectivity index (χ1) is 8.93. The van der Waals surface area contributed by atoms with E-state index in [1.807, 2.05) is 6.92 Å². The van der Waals surface area contributed by atoms with Gasteiger partial charge < -0.3 is 10.2 Å². The van der Waals surface area contributed by atoms with E-state index >= 15 is 0 Å². The van der Waals surface area contributed by atoms with Gasteiger partial charge >= 0.3 is 6.01 Å². The molecule has 0 saturated heterocycles. The van der Waals surface area contributed by atoms with Gasteiger partial charge in [-0.2, -0.15) is 9.97 Å². The molecule has 102 valence electrons. The summed E-state index contributed by atoms with van der Waals surface area (Å²) in [6, 6.07) is -0.386. The Morgan fingerprint density at radius 3 is 2.74 bits per heavy atom. The molecule has 3 atom stereocenters. The molecule has 19 heavy (non-hydrogen) atoms. The normalized spacial score (nSPS) is 33.7. The fourth-order valence-electron chi connectivity index (χ4n) is 3.90. The average Bonchev–Trinajstić information content (AvgIpc) is 2.35. The zero-order valence-electron chi connectivity index (χ0n) is 11.2. The smallest absolute Gasteiger partial charge is 0.317 e. The topological polar surface area (TPSA) is 83.3 Å². The van der Waals surface area contributed by atoms with Gasteiger partial charge in [-0.25, -0.2) is 0 Å². The molecular weight excluding hydrogens is 244 g/mol. The molecule has 0 amide bonds. The lowest BCUT2D eigenvalue weighted by atomic mass is 9.56. The van der Waals surface area contributed by atoms with Gasteiger partial charge in [0, 0.05) is 23.3 Å². The Labute approximate surface area is 111 Å². The predicted molar refractivity (Wildman–Crippen MR) is 67.9 cm³/mol. The molecule has 5 heteroatoms. The molecule has 3 rings (SSSR count). The molecule has 0 aliphatic heterocycles. The molecular formula is C14H18N2O3. The summed E-state index contributed by atoms with van der Waals surface area (Å²) >= 11 is 0. The SMILES string of the molecule is C[C@H]1C(=O)CC[C@@]2(C)c3nc(O)nc(O)c3CC[C@H]12. The van der Waals surface area contributed by atoms with Crippen molar-refractivity contribution in [3.8, 4) is 11.9 Å². The molecule has 1 heterocycles. The van der Waals surface area contributed by atoms with Crippen molar-refractivity contribution in [1.82, 2.24) is 9.97 Å². The van der Waals surface area contributed by atoms with Crippen LogP contribution in [0.1, 0.15) is 44.4 Å².